The van der Waals surface area contributed by atoms with Gasteiger partial charge in [0.15, 0.2) is 0 Å². The molecular weight excluding hydrogens is 370 g/mol. The molecular formula is C20H14F2N2O2S. The molecule has 3 aromatic rings. The number of anilines is 2. The monoisotopic (exact) mass is 384 g/mol. The minimum atomic E-state index is -2.49. The van der Waals surface area contributed by atoms with Crippen LogP contribution in [0.2, 0.25) is 0 Å². The lowest BCUT2D eigenvalue weighted by atomic mass is 10.1. The van der Waals surface area contributed by atoms with E-state index in [1.807, 2.05) is 30.3 Å². The second kappa shape index (κ2) is 7.00. The van der Waals surface area contributed by atoms with E-state index < -0.39 is 5.76 Å². The van der Waals surface area contributed by atoms with Gasteiger partial charge in [-0.25, -0.2) is 0 Å². The van der Waals surface area contributed by atoms with Crippen LogP contribution in [-0.4, -0.2) is 24.1 Å². The summed E-state index contributed by atoms with van der Waals surface area (Å²) in [5.74, 6) is -3.06. The number of rotatable bonds is 5. The zero-order chi connectivity index (χ0) is 19.0. The number of hydrogen-bond donors (Lipinski definition) is 1. The molecule has 0 radical (unpaired) electrons. The third-order valence-corrected chi connectivity index (χ3v) is 5.04. The molecule has 0 aromatic heterocycles. The highest BCUT2D eigenvalue weighted by atomic mass is 32.2. The highest BCUT2D eigenvalue weighted by molar-refractivity contribution is 7.99. The maximum atomic E-state index is 12.7. The van der Waals surface area contributed by atoms with Gasteiger partial charge in [0, 0.05) is 21.5 Å². The van der Waals surface area contributed by atoms with E-state index in [4.69, 9.17) is 0 Å². The number of nitrogens with one attached hydrogen (secondary N) is 1. The zero-order valence-electron chi connectivity index (χ0n) is 14.0. The molecule has 0 saturated heterocycles. The molecule has 0 unspecified atom stereocenters. The van der Waals surface area contributed by atoms with Crippen molar-refractivity contribution in [1.82, 2.24) is 0 Å². The third kappa shape index (κ3) is 3.38. The molecule has 1 aliphatic heterocycles. The molecule has 3 aromatic carbocycles. The van der Waals surface area contributed by atoms with E-state index in [0.29, 0.717) is 33.6 Å². The molecule has 136 valence electrons. The molecule has 1 aliphatic rings. The standard InChI is InChI=1S/C20H14F2N2O2S/c21-20(22)27-14-9-7-13(8-10-14)23-17(25)11-24-16-6-2-4-12-3-1-5-15(18(12)16)19(24)26/h1-10,20H,11H2,(H,23,25). The molecule has 1 heterocycles. The number of hydrogen-bond acceptors (Lipinski definition) is 3. The van der Waals surface area contributed by atoms with E-state index in [1.165, 1.54) is 17.0 Å². The predicted molar refractivity (Wildman–Crippen MR) is 103 cm³/mol. The van der Waals surface area contributed by atoms with Crippen LogP contribution >= 0.6 is 11.8 Å². The smallest absolute Gasteiger partial charge is 0.288 e. The van der Waals surface area contributed by atoms with Crippen molar-refractivity contribution in [3.05, 3.63) is 66.2 Å². The van der Waals surface area contributed by atoms with Gasteiger partial charge in [0.25, 0.3) is 11.7 Å². The van der Waals surface area contributed by atoms with Crippen LogP contribution in [0.4, 0.5) is 20.2 Å². The predicted octanol–water partition coefficient (Wildman–Crippen LogP) is 4.75. The highest BCUT2D eigenvalue weighted by Crippen LogP contribution is 2.37. The highest BCUT2D eigenvalue weighted by Gasteiger charge is 2.30. The molecule has 27 heavy (non-hydrogen) atoms. The molecule has 0 bridgehead atoms. The Balaban J connectivity index is 1.49. The molecule has 1 N–H and O–H groups in total. The van der Waals surface area contributed by atoms with E-state index in [9.17, 15) is 18.4 Å². The van der Waals surface area contributed by atoms with Crippen molar-refractivity contribution >= 4 is 45.7 Å². The second-order valence-electron chi connectivity index (χ2n) is 6.02. The Bertz CT molecular complexity index is 1030. The van der Waals surface area contributed by atoms with Gasteiger partial charge in [0.05, 0.1) is 5.69 Å². The quantitative estimate of drug-likeness (QED) is 0.646. The molecule has 0 saturated carbocycles. The average Bonchev–Trinajstić information content (AvgIpc) is 2.91. The van der Waals surface area contributed by atoms with Crippen LogP contribution in [0, 0.1) is 0 Å². The number of halogens is 2. The number of alkyl halides is 2. The number of carbonyl (C=O) groups is 2. The minimum Gasteiger partial charge on any atom is -0.325 e. The van der Waals surface area contributed by atoms with Gasteiger partial charge >= 0.3 is 0 Å². The summed E-state index contributed by atoms with van der Waals surface area (Å²) < 4.78 is 24.7. The van der Waals surface area contributed by atoms with Gasteiger partial charge in [-0.15, -0.1) is 0 Å². The SMILES string of the molecule is O=C(CN1C(=O)c2cccc3cccc1c23)Nc1ccc(SC(F)F)cc1. The summed E-state index contributed by atoms with van der Waals surface area (Å²) in [4.78, 5) is 27.0. The van der Waals surface area contributed by atoms with Crippen molar-refractivity contribution in [3.8, 4) is 0 Å². The lowest BCUT2D eigenvalue weighted by molar-refractivity contribution is -0.114. The van der Waals surface area contributed by atoms with E-state index in [-0.39, 0.29) is 18.4 Å². The topological polar surface area (TPSA) is 49.4 Å². The molecule has 0 fully saturated rings. The van der Waals surface area contributed by atoms with E-state index in [2.05, 4.69) is 5.32 Å². The Labute approximate surface area is 158 Å². The van der Waals surface area contributed by atoms with Gasteiger partial charge in [-0.2, -0.15) is 8.78 Å². The first kappa shape index (κ1) is 17.5. The third-order valence-electron chi connectivity index (χ3n) is 4.31. The van der Waals surface area contributed by atoms with Gasteiger partial charge < -0.3 is 5.32 Å². The summed E-state index contributed by atoms with van der Waals surface area (Å²) in [6.45, 7) is -0.125. The van der Waals surface area contributed by atoms with E-state index >= 15 is 0 Å². The van der Waals surface area contributed by atoms with Crippen molar-refractivity contribution < 1.29 is 18.4 Å². The Morgan fingerprint density at radius 2 is 1.74 bits per heavy atom. The maximum Gasteiger partial charge on any atom is 0.288 e. The van der Waals surface area contributed by atoms with Crippen LogP contribution in [0.3, 0.4) is 0 Å². The zero-order valence-corrected chi connectivity index (χ0v) is 14.8. The van der Waals surface area contributed by atoms with Crippen LogP contribution in [-0.2, 0) is 4.79 Å². The fourth-order valence-electron chi connectivity index (χ4n) is 3.20. The van der Waals surface area contributed by atoms with E-state index in [1.54, 1.807) is 18.2 Å². The molecule has 4 rings (SSSR count). The Kier molecular flexibility index (Phi) is 4.53. The van der Waals surface area contributed by atoms with Crippen LogP contribution in [0.5, 0.6) is 0 Å². The van der Waals surface area contributed by atoms with Gasteiger partial charge in [-0.1, -0.05) is 36.0 Å². The maximum absolute atomic E-state index is 12.7. The van der Waals surface area contributed by atoms with Crippen LogP contribution in [0.1, 0.15) is 10.4 Å². The van der Waals surface area contributed by atoms with Crippen molar-refractivity contribution in [1.29, 1.82) is 0 Å². The summed E-state index contributed by atoms with van der Waals surface area (Å²) >= 11 is 0.444. The first-order valence-electron chi connectivity index (χ1n) is 8.21. The Hall–Kier alpha value is -2.93. The number of amides is 2. The van der Waals surface area contributed by atoms with Crippen molar-refractivity contribution in [2.45, 2.75) is 10.7 Å². The number of benzene rings is 3. The van der Waals surface area contributed by atoms with Crippen molar-refractivity contribution in [3.63, 3.8) is 0 Å². The minimum absolute atomic E-state index is 0.125. The lowest BCUT2D eigenvalue weighted by Crippen LogP contribution is -2.35. The van der Waals surface area contributed by atoms with Gasteiger partial charge in [0.1, 0.15) is 6.54 Å². The van der Waals surface area contributed by atoms with Crippen molar-refractivity contribution in [2.24, 2.45) is 0 Å². The number of nitrogens with zero attached hydrogens (tertiary/aromatic N) is 1. The summed E-state index contributed by atoms with van der Waals surface area (Å²) in [6.07, 6.45) is 0. The van der Waals surface area contributed by atoms with Gasteiger partial charge in [-0.3, -0.25) is 14.5 Å². The Morgan fingerprint density at radius 1 is 1.04 bits per heavy atom. The van der Waals surface area contributed by atoms with Crippen LogP contribution in [0.25, 0.3) is 10.8 Å². The molecule has 0 spiro atoms. The number of thioether (sulfide) groups is 1. The summed E-state index contributed by atoms with van der Waals surface area (Å²) in [7, 11) is 0. The second-order valence-corrected chi connectivity index (χ2v) is 7.09. The normalized spacial score (nSPS) is 12.9. The summed E-state index contributed by atoms with van der Waals surface area (Å²) in [6, 6.07) is 17.3. The van der Waals surface area contributed by atoms with E-state index in [0.717, 1.165) is 10.8 Å². The summed E-state index contributed by atoms with van der Waals surface area (Å²) in [5.41, 5.74) is 1.79. The van der Waals surface area contributed by atoms with Crippen molar-refractivity contribution in [2.75, 3.05) is 16.8 Å². The molecule has 0 atom stereocenters. The molecule has 0 aliphatic carbocycles. The first-order chi connectivity index (χ1) is 13.0. The lowest BCUT2D eigenvalue weighted by Gasteiger charge is -2.17. The number of carbonyl (C=O) groups excluding carboxylic acids is 2. The molecule has 4 nitrogen and oxygen atoms in total. The fourth-order valence-corrected chi connectivity index (χ4v) is 3.70. The fraction of sp³-hybridized carbons (Fsp3) is 0.100. The Morgan fingerprint density at radius 3 is 2.44 bits per heavy atom. The van der Waals surface area contributed by atoms with Gasteiger partial charge in [-0.05, 0) is 41.8 Å². The van der Waals surface area contributed by atoms with Crippen LogP contribution in [0.15, 0.2) is 65.6 Å². The summed E-state index contributed by atoms with van der Waals surface area (Å²) in [5, 5.41) is 4.50. The average molecular weight is 384 g/mol. The largest absolute Gasteiger partial charge is 0.325 e. The molecule has 7 heteroatoms. The first-order valence-corrected chi connectivity index (χ1v) is 9.09. The van der Waals surface area contributed by atoms with Gasteiger partial charge in [0.2, 0.25) is 5.91 Å². The van der Waals surface area contributed by atoms with Crippen LogP contribution < -0.4 is 10.2 Å². The molecule has 2 amide bonds.